The predicted octanol–water partition coefficient (Wildman–Crippen LogP) is 3.72. The van der Waals surface area contributed by atoms with E-state index >= 15 is 0 Å². The fourth-order valence-corrected chi connectivity index (χ4v) is 3.35. The number of carbonyl (C=O) groups excluding carboxylic acids is 4. The van der Waals surface area contributed by atoms with Gasteiger partial charge in [-0.1, -0.05) is 78.9 Å². The topological polar surface area (TPSA) is 92.8 Å². The van der Waals surface area contributed by atoms with Gasteiger partial charge in [0, 0.05) is 16.7 Å². The first-order valence-corrected chi connectivity index (χ1v) is 10.3. The molecule has 1 N–H and O–H groups in total. The molecule has 164 valence electrons. The third-order valence-electron chi connectivity index (χ3n) is 5.05. The third kappa shape index (κ3) is 5.04. The average molecular weight is 440 g/mol. The number of hydrogen-bond donors (Lipinski definition) is 1. The smallest absolute Gasteiger partial charge is 0.329 e. The molecule has 0 aromatic heterocycles. The summed E-state index contributed by atoms with van der Waals surface area (Å²) in [5.74, 6) is -0.738. The van der Waals surface area contributed by atoms with Gasteiger partial charge in [0.05, 0.1) is 6.54 Å². The molecule has 0 spiro atoms. The number of nitrogens with one attached hydrogen (secondary N) is 1. The highest BCUT2D eigenvalue weighted by Gasteiger charge is 2.34. The van der Waals surface area contributed by atoms with Crippen molar-refractivity contribution in [2.75, 3.05) is 13.2 Å². The zero-order chi connectivity index (χ0) is 23.2. The van der Waals surface area contributed by atoms with Crippen LogP contribution in [0.4, 0.5) is 4.79 Å². The number of imide groups is 1. The van der Waals surface area contributed by atoms with Gasteiger partial charge in [0.15, 0.2) is 18.2 Å². The highest BCUT2D eigenvalue weighted by atomic mass is 16.5. The number of ketones is 2. The van der Waals surface area contributed by atoms with Crippen molar-refractivity contribution in [3.63, 3.8) is 0 Å². The minimum absolute atomic E-state index is 0.0229. The first kappa shape index (κ1) is 21.7. The Morgan fingerprint density at radius 2 is 1.36 bits per heavy atom. The van der Waals surface area contributed by atoms with Gasteiger partial charge in [0.25, 0.3) is 5.91 Å². The maximum absolute atomic E-state index is 12.6. The highest BCUT2D eigenvalue weighted by molar-refractivity contribution is 6.15. The number of rotatable bonds is 8. The highest BCUT2D eigenvalue weighted by Crippen LogP contribution is 2.24. The van der Waals surface area contributed by atoms with Crippen LogP contribution in [-0.4, -0.2) is 41.6 Å². The van der Waals surface area contributed by atoms with Crippen molar-refractivity contribution in [2.45, 2.75) is 0 Å². The standard InChI is InChI=1S/C26H20N2O5/c29-22(18-9-3-1-4-10-18)16-28-21(25(31)27-26(28)32)15-20-13-7-8-14-24(20)33-17-23(30)19-11-5-2-6-12-19/h1-15H,16-17H2,(H,27,31,32)/b21-15+. The molecular formula is C26H20N2O5. The maximum Gasteiger partial charge on any atom is 0.329 e. The monoisotopic (exact) mass is 440 g/mol. The summed E-state index contributed by atoms with van der Waals surface area (Å²) < 4.78 is 5.72. The molecule has 1 heterocycles. The Kier molecular flexibility index (Phi) is 6.40. The molecule has 0 radical (unpaired) electrons. The Morgan fingerprint density at radius 3 is 2.03 bits per heavy atom. The Balaban J connectivity index is 1.55. The van der Waals surface area contributed by atoms with Crippen LogP contribution in [0, 0.1) is 0 Å². The van der Waals surface area contributed by atoms with E-state index in [-0.39, 0.29) is 30.4 Å². The summed E-state index contributed by atoms with van der Waals surface area (Å²) in [4.78, 5) is 50.9. The summed E-state index contributed by atoms with van der Waals surface area (Å²) in [5.41, 5.74) is 1.48. The lowest BCUT2D eigenvalue weighted by Crippen LogP contribution is -2.32. The van der Waals surface area contributed by atoms with Gasteiger partial charge < -0.3 is 4.74 Å². The number of amides is 3. The van der Waals surface area contributed by atoms with Crippen molar-refractivity contribution in [1.82, 2.24) is 10.2 Å². The van der Waals surface area contributed by atoms with E-state index in [4.69, 9.17) is 4.74 Å². The SMILES string of the molecule is O=C1NC(=O)N(CC(=O)c2ccccc2)/C1=C/c1ccccc1OCC(=O)c1ccccc1. The minimum Gasteiger partial charge on any atom is -0.485 e. The number of hydrogen-bond acceptors (Lipinski definition) is 5. The van der Waals surface area contributed by atoms with Crippen LogP contribution in [0.1, 0.15) is 26.3 Å². The minimum atomic E-state index is -0.673. The Morgan fingerprint density at radius 1 is 0.788 bits per heavy atom. The molecule has 1 fully saturated rings. The van der Waals surface area contributed by atoms with Crippen LogP contribution in [0.3, 0.4) is 0 Å². The van der Waals surface area contributed by atoms with Gasteiger partial charge >= 0.3 is 6.03 Å². The van der Waals surface area contributed by atoms with Crippen LogP contribution in [0.2, 0.25) is 0 Å². The summed E-state index contributed by atoms with van der Waals surface area (Å²) in [6.07, 6.45) is 1.47. The van der Waals surface area contributed by atoms with E-state index in [2.05, 4.69) is 5.32 Å². The molecule has 4 rings (SSSR count). The lowest BCUT2D eigenvalue weighted by Gasteiger charge is -2.15. The van der Waals surface area contributed by atoms with Crippen molar-refractivity contribution >= 4 is 29.6 Å². The number of carbonyl (C=O) groups is 4. The van der Waals surface area contributed by atoms with Crippen LogP contribution < -0.4 is 10.1 Å². The van der Waals surface area contributed by atoms with Gasteiger partial charge in [-0.05, 0) is 12.1 Å². The molecule has 7 heteroatoms. The van der Waals surface area contributed by atoms with E-state index in [1.165, 1.54) is 6.08 Å². The van der Waals surface area contributed by atoms with E-state index in [0.29, 0.717) is 22.4 Å². The van der Waals surface area contributed by atoms with Crippen LogP contribution >= 0.6 is 0 Å². The maximum atomic E-state index is 12.6. The summed E-state index contributed by atoms with van der Waals surface area (Å²) in [7, 11) is 0. The van der Waals surface area contributed by atoms with E-state index in [1.807, 2.05) is 6.07 Å². The molecular weight excluding hydrogens is 420 g/mol. The lowest BCUT2D eigenvalue weighted by molar-refractivity contribution is -0.115. The average Bonchev–Trinajstić information content (AvgIpc) is 3.11. The van der Waals surface area contributed by atoms with Gasteiger partial charge in [-0.15, -0.1) is 0 Å². The fourth-order valence-electron chi connectivity index (χ4n) is 3.35. The number of para-hydroxylation sites is 1. The van der Waals surface area contributed by atoms with E-state index in [1.54, 1.807) is 78.9 Å². The van der Waals surface area contributed by atoms with Crippen molar-refractivity contribution in [3.8, 4) is 5.75 Å². The molecule has 0 aliphatic carbocycles. The van der Waals surface area contributed by atoms with Crippen molar-refractivity contribution in [2.24, 2.45) is 0 Å². The Bertz CT molecular complexity index is 1240. The number of benzene rings is 3. The zero-order valence-electron chi connectivity index (χ0n) is 17.6. The molecule has 3 amide bonds. The van der Waals surface area contributed by atoms with Crippen LogP contribution in [0.5, 0.6) is 5.75 Å². The summed E-state index contributed by atoms with van der Waals surface area (Å²) in [5, 5.41) is 2.22. The molecule has 0 saturated carbocycles. The largest absolute Gasteiger partial charge is 0.485 e. The fraction of sp³-hybridized carbons (Fsp3) is 0.0769. The van der Waals surface area contributed by atoms with Gasteiger partial charge in [-0.25, -0.2) is 4.79 Å². The van der Waals surface area contributed by atoms with Crippen molar-refractivity contribution in [1.29, 1.82) is 0 Å². The summed E-state index contributed by atoms with van der Waals surface area (Å²) in [6, 6.07) is 23.5. The molecule has 3 aromatic carbocycles. The number of urea groups is 1. The van der Waals surface area contributed by atoms with Gasteiger partial charge in [0.1, 0.15) is 11.4 Å². The van der Waals surface area contributed by atoms with Crippen LogP contribution in [-0.2, 0) is 4.79 Å². The first-order chi connectivity index (χ1) is 16.0. The van der Waals surface area contributed by atoms with E-state index in [0.717, 1.165) is 4.90 Å². The molecule has 3 aromatic rings. The Labute approximate surface area is 190 Å². The van der Waals surface area contributed by atoms with Crippen LogP contribution in [0.15, 0.2) is 90.6 Å². The molecule has 1 aliphatic rings. The van der Waals surface area contributed by atoms with Gasteiger partial charge in [-0.3, -0.25) is 24.6 Å². The van der Waals surface area contributed by atoms with Crippen molar-refractivity contribution < 1.29 is 23.9 Å². The lowest BCUT2D eigenvalue weighted by atomic mass is 10.1. The zero-order valence-corrected chi connectivity index (χ0v) is 17.6. The summed E-state index contributed by atoms with van der Waals surface area (Å²) in [6.45, 7) is -0.478. The molecule has 0 bridgehead atoms. The normalized spacial score (nSPS) is 14.3. The molecule has 0 atom stereocenters. The molecule has 0 unspecified atom stereocenters. The third-order valence-corrected chi connectivity index (χ3v) is 5.05. The second-order valence-electron chi connectivity index (χ2n) is 7.28. The van der Waals surface area contributed by atoms with Crippen LogP contribution in [0.25, 0.3) is 6.08 Å². The number of Topliss-reactive ketones (excluding diaryl/α,β-unsaturated/α-hetero) is 2. The first-order valence-electron chi connectivity index (χ1n) is 10.3. The summed E-state index contributed by atoms with van der Waals surface area (Å²) >= 11 is 0. The second-order valence-corrected chi connectivity index (χ2v) is 7.28. The number of nitrogens with zero attached hydrogens (tertiary/aromatic N) is 1. The molecule has 7 nitrogen and oxygen atoms in total. The van der Waals surface area contributed by atoms with E-state index in [9.17, 15) is 19.2 Å². The van der Waals surface area contributed by atoms with Gasteiger partial charge in [-0.2, -0.15) is 0 Å². The van der Waals surface area contributed by atoms with E-state index < -0.39 is 11.9 Å². The van der Waals surface area contributed by atoms with Crippen molar-refractivity contribution in [3.05, 3.63) is 107 Å². The Hall–Kier alpha value is -4.52. The predicted molar refractivity (Wildman–Crippen MR) is 122 cm³/mol. The quantitative estimate of drug-likeness (QED) is 0.327. The molecule has 1 aliphatic heterocycles. The molecule has 1 saturated heterocycles. The van der Waals surface area contributed by atoms with Gasteiger partial charge in [0.2, 0.25) is 0 Å². The number of ether oxygens (including phenoxy) is 1. The molecule has 33 heavy (non-hydrogen) atoms. The second kappa shape index (κ2) is 9.74.